The number of benzene rings is 2. The second-order valence-electron chi connectivity index (χ2n) is 7.16. The highest BCUT2D eigenvalue weighted by molar-refractivity contribution is 8.13. The molecule has 1 saturated heterocycles. The van der Waals surface area contributed by atoms with Crippen molar-refractivity contribution >= 4 is 32.5 Å². The Morgan fingerprint density at radius 3 is 2.70 bits per heavy atom. The van der Waals surface area contributed by atoms with E-state index >= 15 is 0 Å². The number of aryl methyl sites for hydroxylation is 2. The third-order valence-electron chi connectivity index (χ3n) is 5.03. The molecule has 27 heavy (non-hydrogen) atoms. The van der Waals surface area contributed by atoms with Gasteiger partial charge < -0.3 is 4.90 Å². The maximum atomic E-state index is 14.0. The standard InChI is InChI=1S/C20H21FN2O2S2/c1-13-7-8-18(14(2)9-13)23-19-12-27(24,25)11-17(19)22-20(23)26-10-15-5-3-4-6-16(15)21/h3-9,17,19H,10-12H2,1-2H3. The molecule has 7 heteroatoms. The summed E-state index contributed by atoms with van der Waals surface area (Å²) in [5.41, 5.74) is 3.84. The Morgan fingerprint density at radius 2 is 1.96 bits per heavy atom. The smallest absolute Gasteiger partial charge is 0.164 e. The van der Waals surface area contributed by atoms with Crippen LogP contribution in [0.3, 0.4) is 0 Å². The molecule has 0 saturated carbocycles. The summed E-state index contributed by atoms with van der Waals surface area (Å²) in [6.45, 7) is 4.06. The molecule has 4 nitrogen and oxygen atoms in total. The topological polar surface area (TPSA) is 49.7 Å². The van der Waals surface area contributed by atoms with E-state index in [1.165, 1.54) is 17.8 Å². The first-order valence-electron chi connectivity index (χ1n) is 8.85. The lowest BCUT2D eigenvalue weighted by Crippen LogP contribution is -2.39. The lowest BCUT2D eigenvalue weighted by atomic mass is 10.1. The Morgan fingerprint density at radius 1 is 1.19 bits per heavy atom. The molecule has 2 aliphatic heterocycles. The van der Waals surface area contributed by atoms with Crippen molar-refractivity contribution in [2.45, 2.75) is 31.7 Å². The van der Waals surface area contributed by atoms with Crippen LogP contribution in [-0.4, -0.2) is 37.2 Å². The summed E-state index contributed by atoms with van der Waals surface area (Å²) in [4.78, 5) is 6.77. The normalized spacial score (nSPS) is 23.4. The monoisotopic (exact) mass is 404 g/mol. The van der Waals surface area contributed by atoms with E-state index in [9.17, 15) is 12.8 Å². The molecule has 0 aromatic heterocycles. The van der Waals surface area contributed by atoms with E-state index in [0.29, 0.717) is 11.3 Å². The number of nitrogens with zero attached hydrogens (tertiary/aromatic N) is 2. The molecule has 0 spiro atoms. The minimum atomic E-state index is -3.08. The number of fused-ring (bicyclic) bond motifs is 1. The number of halogens is 1. The number of anilines is 1. The molecule has 2 aliphatic rings. The zero-order chi connectivity index (χ0) is 19.2. The number of hydrogen-bond donors (Lipinski definition) is 0. The van der Waals surface area contributed by atoms with Crippen LogP contribution >= 0.6 is 11.8 Å². The van der Waals surface area contributed by atoms with Gasteiger partial charge in [-0.3, -0.25) is 4.99 Å². The zero-order valence-corrected chi connectivity index (χ0v) is 16.9. The third kappa shape index (κ3) is 3.62. The SMILES string of the molecule is Cc1ccc(N2C(SCc3ccccc3F)=NC3CS(=O)(=O)CC32)c(C)c1. The molecule has 1 fully saturated rings. The fourth-order valence-corrected chi connectivity index (χ4v) is 6.69. The van der Waals surface area contributed by atoms with Gasteiger partial charge in [0.05, 0.1) is 23.6 Å². The maximum Gasteiger partial charge on any atom is 0.164 e. The van der Waals surface area contributed by atoms with Gasteiger partial charge in [0.25, 0.3) is 0 Å². The Bertz CT molecular complexity index is 1020. The molecular weight excluding hydrogens is 383 g/mol. The zero-order valence-electron chi connectivity index (χ0n) is 15.2. The molecule has 2 aromatic carbocycles. The first-order valence-corrected chi connectivity index (χ1v) is 11.7. The van der Waals surface area contributed by atoms with Crippen LogP contribution in [0.1, 0.15) is 16.7 Å². The number of aliphatic imine (C=N–C) groups is 1. The second-order valence-corrected chi connectivity index (χ2v) is 10.3. The average Bonchev–Trinajstić information content (AvgIpc) is 3.06. The van der Waals surface area contributed by atoms with Crippen molar-refractivity contribution in [3.05, 3.63) is 65.0 Å². The predicted molar refractivity (Wildman–Crippen MR) is 110 cm³/mol. The molecule has 2 atom stereocenters. The molecule has 4 rings (SSSR count). The van der Waals surface area contributed by atoms with E-state index in [0.717, 1.165) is 22.0 Å². The molecule has 0 radical (unpaired) electrons. The van der Waals surface area contributed by atoms with Crippen LogP contribution in [0.4, 0.5) is 10.1 Å². The van der Waals surface area contributed by atoms with E-state index in [1.807, 2.05) is 32.0 Å². The van der Waals surface area contributed by atoms with Crippen LogP contribution in [0, 0.1) is 19.7 Å². The number of thioether (sulfide) groups is 1. The van der Waals surface area contributed by atoms with Crippen molar-refractivity contribution in [1.29, 1.82) is 0 Å². The Labute approximate surface area is 163 Å². The lowest BCUT2D eigenvalue weighted by molar-refractivity contribution is 0.601. The van der Waals surface area contributed by atoms with Crippen molar-refractivity contribution in [2.75, 3.05) is 16.4 Å². The quantitative estimate of drug-likeness (QED) is 0.782. The minimum absolute atomic E-state index is 0.0861. The van der Waals surface area contributed by atoms with Gasteiger partial charge in [0.2, 0.25) is 0 Å². The van der Waals surface area contributed by atoms with Crippen LogP contribution < -0.4 is 4.90 Å². The molecule has 0 N–H and O–H groups in total. The fraction of sp³-hybridized carbons (Fsp3) is 0.350. The minimum Gasteiger partial charge on any atom is -0.315 e. The number of rotatable bonds is 3. The molecule has 2 unspecified atom stereocenters. The van der Waals surface area contributed by atoms with Crippen LogP contribution in [-0.2, 0) is 15.6 Å². The van der Waals surface area contributed by atoms with E-state index in [2.05, 4.69) is 11.0 Å². The molecule has 2 aromatic rings. The summed E-state index contributed by atoms with van der Waals surface area (Å²) < 4.78 is 38.3. The van der Waals surface area contributed by atoms with Crippen molar-refractivity contribution < 1.29 is 12.8 Å². The lowest BCUT2D eigenvalue weighted by Gasteiger charge is -2.28. The summed E-state index contributed by atoms with van der Waals surface area (Å²) in [7, 11) is -3.08. The van der Waals surface area contributed by atoms with Gasteiger partial charge in [-0.2, -0.15) is 0 Å². The number of sulfone groups is 1. The summed E-state index contributed by atoms with van der Waals surface area (Å²) in [6.07, 6.45) is 0. The highest BCUT2D eigenvalue weighted by Gasteiger charge is 2.47. The largest absolute Gasteiger partial charge is 0.315 e. The van der Waals surface area contributed by atoms with Gasteiger partial charge in [0.1, 0.15) is 5.82 Å². The van der Waals surface area contributed by atoms with E-state index in [-0.39, 0.29) is 29.4 Å². The third-order valence-corrected chi connectivity index (χ3v) is 7.75. The van der Waals surface area contributed by atoms with E-state index in [4.69, 9.17) is 4.99 Å². The summed E-state index contributed by atoms with van der Waals surface area (Å²) in [5, 5.41) is 0.773. The summed E-state index contributed by atoms with van der Waals surface area (Å²) in [6, 6.07) is 12.4. The Balaban J connectivity index is 1.66. The van der Waals surface area contributed by atoms with Gasteiger partial charge in [-0.1, -0.05) is 47.7 Å². The maximum absolute atomic E-state index is 14.0. The van der Waals surface area contributed by atoms with Crippen molar-refractivity contribution in [2.24, 2.45) is 4.99 Å². The molecule has 0 aliphatic carbocycles. The van der Waals surface area contributed by atoms with Crippen LogP contribution in [0.15, 0.2) is 47.5 Å². The van der Waals surface area contributed by atoms with Gasteiger partial charge in [-0.25, -0.2) is 12.8 Å². The molecule has 142 valence electrons. The van der Waals surface area contributed by atoms with Gasteiger partial charge in [0, 0.05) is 11.4 Å². The number of hydrogen-bond acceptors (Lipinski definition) is 5. The highest BCUT2D eigenvalue weighted by atomic mass is 32.2. The predicted octanol–water partition coefficient (Wildman–Crippen LogP) is 3.72. The summed E-state index contributed by atoms with van der Waals surface area (Å²) >= 11 is 1.47. The summed E-state index contributed by atoms with van der Waals surface area (Å²) in [5.74, 6) is 0.421. The van der Waals surface area contributed by atoms with Gasteiger partial charge in [-0.05, 0) is 37.1 Å². The molecule has 0 bridgehead atoms. The van der Waals surface area contributed by atoms with Gasteiger partial charge in [-0.15, -0.1) is 0 Å². The van der Waals surface area contributed by atoms with E-state index in [1.54, 1.807) is 12.1 Å². The highest BCUT2D eigenvalue weighted by Crippen LogP contribution is 2.37. The van der Waals surface area contributed by atoms with Crippen molar-refractivity contribution in [1.82, 2.24) is 0 Å². The van der Waals surface area contributed by atoms with Gasteiger partial charge in [0.15, 0.2) is 15.0 Å². The average molecular weight is 405 g/mol. The van der Waals surface area contributed by atoms with Gasteiger partial charge >= 0.3 is 0 Å². The molecular formula is C20H21FN2O2S2. The Kier molecular flexibility index (Phi) is 4.76. The van der Waals surface area contributed by atoms with Crippen LogP contribution in [0.25, 0.3) is 0 Å². The first kappa shape index (κ1) is 18.5. The fourth-order valence-electron chi connectivity index (χ4n) is 3.75. The van der Waals surface area contributed by atoms with Crippen molar-refractivity contribution in [3.8, 4) is 0 Å². The van der Waals surface area contributed by atoms with E-state index < -0.39 is 9.84 Å². The van der Waals surface area contributed by atoms with Crippen LogP contribution in [0.5, 0.6) is 0 Å². The van der Waals surface area contributed by atoms with Crippen LogP contribution in [0.2, 0.25) is 0 Å². The number of amidine groups is 1. The second kappa shape index (κ2) is 6.95. The molecule has 0 amide bonds. The first-order chi connectivity index (χ1) is 12.8. The Hall–Kier alpha value is -1.86. The van der Waals surface area contributed by atoms with Crippen molar-refractivity contribution in [3.63, 3.8) is 0 Å². The molecule has 2 heterocycles.